The lowest BCUT2D eigenvalue weighted by molar-refractivity contribution is 0.0706. The number of amides is 1. The van der Waals surface area contributed by atoms with E-state index in [0.717, 1.165) is 40.9 Å². The van der Waals surface area contributed by atoms with Crippen LogP contribution in [0.4, 0.5) is 5.82 Å². The lowest BCUT2D eigenvalue weighted by atomic mass is 10.1. The summed E-state index contributed by atoms with van der Waals surface area (Å²) >= 11 is 0. The predicted molar refractivity (Wildman–Crippen MR) is 123 cm³/mol. The summed E-state index contributed by atoms with van der Waals surface area (Å²) in [5, 5.41) is 14.4. The van der Waals surface area contributed by atoms with Gasteiger partial charge >= 0.3 is 0 Å². The van der Waals surface area contributed by atoms with Gasteiger partial charge in [-0.3, -0.25) is 10.0 Å². The number of nitrogens with one attached hydrogen (secondary N) is 3. The molecule has 1 amide bonds. The number of hydrogen-bond acceptors (Lipinski definition) is 5. The minimum absolute atomic E-state index is 0.401. The van der Waals surface area contributed by atoms with Crippen LogP contribution < -0.4 is 10.8 Å². The second-order valence-electron chi connectivity index (χ2n) is 7.58. The number of benzene rings is 2. The molecule has 0 atom stereocenters. The SMILES string of the molecule is O=C(NO)c1ccc(Cn2ccc3c(NCCc4c[nH]c5ccccc45)ncnc32)cc1. The molecule has 0 aliphatic carbocycles. The number of para-hydroxylation sites is 1. The molecule has 3 heterocycles. The molecule has 0 fully saturated rings. The van der Waals surface area contributed by atoms with E-state index in [2.05, 4.69) is 44.7 Å². The summed E-state index contributed by atoms with van der Waals surface area (Å²) in [5.41, 5.74) is 6.32. The van der Waals surface area contributed by atoms with Gasteiger partial charge in [-0.1, -0.05) is 30.3 Å². The molecule has 8 heteroatoms. The smallest absolute Gasteiger partial charge is 0.274 e. The number of carbonyl (C=O) groups excluding carboxylic acids is 1. The average molecular weight is 426 g/mol. The highest BCUT2D eigenvalue weighted by molar-refractivity contribution is 5.93. The van der Waals surface area contributed by atoms with Crippen LogP contribution in [-0.4, -0.2) is 37.2 Å². The van der Waals surface area contributed by atoms with Crippen molar-refractivity contribution in [2.24, 2.45) is 0 Å². The topological polar surface area (TPSA) is 108 Å². The van der Waals surface area contributed by atoms with Crippen LogP contribution in [0.3, 0.4) is 0 Å². The predicted octanol–water partition coefficient (Wildman–Crippen LogP) is 3.73. The molecular weight excluding hydrogens is 404 g/mol. The van der Waals surface area contributed by atoms with Gasteiger partial charge < -0.3 is 14.9 Å². The maximum atomic E-state index is 11.5. The van der Waals surface area contributed by atoms with Gasteiger partial charge in [0.05, 0.1) is 5.39 Å². The molecular formula is C24H22N6O2. The van der Waals surface area contributed by atoms with Crippen LogP contribution in [-0.2, 0) is 13.0 Å². The lowest BCUT2D eigenvalue weighted by Crippen LogP contribution is -2.18. The van der Waals surface area contributed by atoms with E-state index in [-0.39, 0.29) is 0 Å². The zero-order valence-corrected chi connectivity index (χ0v) is 17.2. The Morgan fingerprint density at radius 1 is 1.03 bits per heavy atom. The van der Waals surface area contributed by atoms with Crippen molar-refractivity contribution in [1.29, 1.82) is 0 Å². The van der Waals surface area contributed by atoms with Crippen molar-refractivity contribution in [2.75, 3.05) is 11.9 Å². The van der Waals surface area contributed by atoms with Crippen LogP contribution in [0.5, 0.6) is 0 Å². The molecule has 0 aliphatic rings. The van der Waals surface area contributed by atoms with Gasteiger partial charge in [-0.05, 0) is 41.8 Å². The highest BCUT2D eigenvalue weighted by Gasteiger charge is 2.10. The fraction of sp³-hybridized carbons (Fsp3) is 0.125. The number of aromatic amines is 1. The summed E-state index contributed by atoms with van der Waals surface area (Å²) < 4.78 is 2.04. The Bertz CT molecular complexity index is 1390. The molecule has 0 bridgehead atoms. The third-order valence-corrected chi connectivity index (χ3v) is 5.59. The quantitative estimate of drug-likeness (QED) is 0.234. The number of hydroxylamine groups is 1. The van der Waals surface area contributed by atoms with Crippen LogP contribution in [0, 0.1) is 0 Å². The maximum absolute atomic E-state index is 11.5. The zero-order valence-electron chi connectivity index (χ0n) is 17.2. The van der Waals surface area contributed by atoms with Crippen LogP contribution in [0.1, 0.15) is 21.5 Å². The van der Waals surface area contributed by atoms with Gasteiger partial charge in [0.1, 0.15) is 17.8 Å². The standard InChI is InChI=1S/C24H22N6O2/c31-24(29-32)17-7-5-16(6-8-17)14-30-12-10-20-22(27-15-28-23(20)30)25-11-9-18-13-26-21-4-2-1-3-19(18)21/h1-8,10,12-13,15,26,32H,9,11,14H2,(H,29,31)(H,25,27,28). The Hall–Kier alpha value is -4.17. The number of H-pyrrole nitrogens is 1. The van der Waals surface area contributed by atoms with Gasteiger partial charge in [-0.15, -0.1) is 0 Å². The Labute approximate surface area is 183 Å². The first kappa shape index (κ1) is 19.8. The Morgan fingerprint density at radius 2 is 1.88 bits per heavy atom. The van der Waals surface area contributed by atoms with Gasteiger partial charge in [-0.25, -0.2) is 15.4 Å². The fourth-order valence-electron chi connectivity index (χ4n) is 3.95. The number of aromatic nitrogens is 4. The zero-order chi connectivity index (χ0) is 21.9. The second-order valence-corrected chi connectivity index (χ2v) is 7.58. The molecule has 4 N–H and O–H groups in total. The number of carbonyl (C=O) groups is 1. The monoisotopic (exact) mass is 426 g/mol. The van der Waals surface area contributed by atoms with Crippen LogP contribution >= 0.6 is 0 Å². The van der Waals surface area contributed by atoms with E-state index >= 15 is 0 Å². The van der Waals surface area contributed by atoms with Crippen molar-refractivity contribution >= 4 is 33.7 Å². The van der Waals surface area contributed by atoms with Crippen molar-refractivity contribution < 1.29 is 10.0 Å². The molecule has 0 aliphatic heterocycles. The van der Waals surface area contributed by atoms with Gasteiger partial charge in [-0.2, -0.15) is 0 Å². The van der Waals surface area contributed by atoms with Gasteiger partial charge in [0.15, 0.2) is 0 Å². The average Bonchev–Trinajstić information content (AvgIpc) is 3.44. The highest BCUT2D eigenvalue weighted by atomic mass is 16.5. The van der Waals surface area contributed by atoms with Crippen LogP contribution in [0.15, 0.2) is 73.3 Å². The third-order valence-electron chi connectivity index (χ3n) is 5.59. The molecule has 2 aromatic carbocycles. The first-order valence-electron chi connectivity index (χ1n) is 10.3. The molecule has 0 unspecified atom stereocenters. The summed E-state index contributed by atoms with van der Waals surface area (Å²) in [6.45, 7) is 1.36. The van der Waals surface area contributed by atoms with Crippen molar-refractivity contribution in [3.8, 4) is 0 Å². The largest absolute Gasteiger partial charge is 0.369 e. The normalized spacial score (nSPS) is 11.2. The number of anilines is 1. The van der Waals surface area contributed by atoms with E-state index in [1.807, 2.05) is 35.0 Å². The lowest BCUT2D eigenvalue weighted by Gasteiger charge is -2.08. The number of rotatable bonds is 7. The summed E-state index contributed by atoms with van der Waals surface area (Å²) in [6.07, 6.45) is 6.50. The van der Waals surface area contributed by atoms with E-state index < -0.39 is 5.91 Å². The molecule has 8 nitrogen and oxygen atoms in total. The summed E-state index contributed by atoms with van der Waals surface area (Å²) in [7, 11) is 0. The van der Waals surface area contributed by atoms with Crippen LogP contribution in [0.25, 0.3) is 21.9 Å². The fourth-order valence-corrected chi connectivity index (χ4v) is 3.95. The van der Waals surface area contributed by atoms with E-state index in [1.165, 1.54) is 10.9 Å². The Kier molecular flexibility index (Phi) is 5.27. The maximum Gasteiger partial charge on any atom is 0.274 e. The number of nitrogens with zero attached hydrogens (tertiary/aromatic N) is 3. The first-order chi connectivity index (χ1) is 15.7. The molecule has 5 rings (SSSR count). The first-order valence-corrected chi connectivity index (χ1v) is 10.3. The van der Waals surface area contributed by atoms with E-state index in [1.54, 1.807) is 23.9 Å². The molecule has 0 spiro atoms. The molecule has 3 aromatic heterocycles. The molecule has 0 saturated carbocycles. The minimum atomic E-state index is -0.529. The van der Waals surface area contributed by atoms with Crippen LogP contribution in [0.2, 0.25) is 0 Å². The Morgan fingerprint density at radius 3 is 2.72 bits per heavy atom. The Balaban J connectivity index is 1.30. The van der Waals surface area contributed by atoms with Gasteiger partial charge in [0.2, 0.25) is 0 Å². The van der Waals surface area contributed by atoms with Crippen molar-refractivity contribution in [2.45, 2.75) is 13.0 Å². The van der Waals surface area contributed by atoms with Crippen molar-refractivity contribution in [1.82, 2.24) is 25.0 Å². The summed E-state index contributed by atoms with van der Waals surface area (Å²) in [5.74, 6) is 0.280. The summed E-state index contributed by atoms with van der Waals surface area (Å²) in [4.78, 5) is 23.7. The summed E-state index contributed by atoms with van der Waals surface area (Å²) in [6, 6.07) is 17.4. The third kappa shape index (κ3) is 3.79. The molecule has 5 aromatic rings. The molecule has 0 saturated heterocycles. The van der Waals surface area contributed by atoms with E-state index in [9.17, 15) is 4.79 Å². The second kappa shape index (κ2) is 8.52. The van der Waals surface area contributed by atoms with Crippen molar-refractivity contribution in [3.05, 3.63) is 90.0 Å². The van der Waals surface area contributed by atoms with E-state index in [4.69, 9.17) is 5.21 Å². The highest BCUT2D eigenvalue weighted by Crippen LogP contribution is 2.22. The minimum Gasteiger partial charge on any atom is -0.369 e. The molecule has 32 heavy (non-hydrogen) atoms. The number of fused-ring (bicyclic) bond motifs is 2. The van der Waals surface area contributed by atoms with Crippen molar-refractivity contribution in [3.63, 3.8) is 0 Å². The van der Waals surface area contributed by atoms with Gasteiger partial charge in [0.25, 0.3) is 5.91 Å². The van der Waals surface area contributed by atoms with E-state index in [0.29, 0.717) is 12.1 Å². The molecule has 0 radical (unpaired) electrons. The number of hydrogen-bond donors (Lipinski definition) is 4. The molecule has 160 valence electrons. The van der Waals surface area contributed by atoms with Gasteiger partial charge in [0, 0.05) is 41.9 Å².